The smallest absolute Gasteiger partial charge is 0.410 e. The van der Waals surface area contributed by atoms with Gasteiger partial charge < -0.3 is 9.64 Å². The van der Waals surface area contributed by atoms with E-state index in [2.05, 4.69) is 42.0 Å². The van der Waals surface area contributed by atoms with Crippen molar-refractivity contribution in [3.8, 4) is 0 Å². The second kappa shape index (κ2) is 9.80. The van der Waals surface area contributed by atoms with Crippen LogP contribution in [0, 0.1) is 20.8 Å². The first-order valence-corrected chi connectivity index (χ1v) is 11.4. The number of piperidine rings is 1. The quantitative estimate of drug-likeness (QED) is 0.591. The Morgan fingerprint density at radius 1 is 1.06 bits per heavy atom. The van der Waals surface area contributed by atoms with Gasteiger partial charge in [0.05, 0.1) is 11.3 Å². The van der Waals surface area contributed by atoms with E-state index in [-0.39, 0.29) is 17.8 Å². The number of amides is 1. The zero-order chi connectivity index (χ0) is 23.5. The summed E-state index contributed by atoms with van der Waals surface area (Å²) in [6.07, 6.45) is 4.05. The number of nitrogens with zero attached hydrogens (tertiary/aromatic N) is 3. The Kier molecular flexibility index (Phi) is 7.32. The van der Waals surface area contributed by atoms with E-state index in [1.54, 1.807) is 11.1 Å². The fourth-order valence-corrected chi connectivity index (χ4v) is 4.28. The van der Waals surface area contributed by atoms with E-state index in [0.717, 1.165) is 18.5 Å². The maximum atomic E-state index is 13.1. The van der Waals surface area contributed by atoms with Gasteiger partial charge in [-0.05, 0) is 66.4 Å². The van der Waals surface area contributed by atoms with Crippen LogP contribution in [0.3, 0.4) is 0 Å². The average Bonchev–Trinajstić information content (AvgIpc) is 2.70. The minimum absolute atomic E-state index is 0.0775. The third-order valence-electron chi connectivity index (χ3n) is 5.69. The van der Waals surface area contributed by atoms with Crippen LogP contribution >= 0.6 is 0 Å². The zero-order valence-electron chi connectivity index (χ0n) is 20.2. The normalized spacial score (nSPS) is 15.0. The highest BCUT2D eigenvalue weighted by Crippen LogP contribution is 2.30. The zero-order valence-corrected chi connectivity index (χ0v) is 20.2. The van der Waals surface area contributed by atoms with Gasteiger partial charge >= 0.3 is 6.09 Å². The van der Waals surface area contributed by atoms with Crippen LogP contribution in [0.1, 0.15) is 84.5 Å². The van der Waals surface area contributed by atoms with Crippen LogP contribution < -0.4 is 0 Å². The second-order valence-corrected chi connectivity index (χ2v) is 9.88. The van der Waals surface area contributed by atoms with E-state index >= 15 is 0 Å². The van der Waals surface area contributed by atoms with Gasteiger partial charge in [0.1, 0.15) is 11.4 Å². The molecular weight excluding hydrogens is 402 g/mol. The van der Waals surface area contributed by atoms with Crippen LogP contribution in [0.25, 0.3) is 0 Å². The van der Waals surface area contributed by atoms with E-state index in [1.807, 2.05) is 27.7 Å². The third-order valence-corrected chi connectivity index (χ3v) is 5.69. The van der Waals surface area contributed by atoms with Gasteiger partial charge in [0.15, 0.2) is 5.78 Å². The molecule has 1 saturated heterocycles. The summed E-state index contributed by atoms with van der Waals surface area (Å²) < 4.78 is 5.50. The minimum Gasteiger partial charge on any atom is -0.444 e. The van der Waals surface area contributed by atoms with Gasteiger partial charge in [-0.25, -0.2) is 14.8 Å². The largest absolute Gasteiger partial charge is 0.444 e. The fraction of sp³-hybridized carbons (Fsp3) is 0.538. The number of aryl methyl sites for hydroxylation is 4. The van der Waals surface area contributed by atoms with E-state index in [9.17, 15) is 9.59 Å². The monoisotopic (exact) mass is 437 g/mol. The molecule has 1 amide bonds. The summed E-state index contributed by atoms with van der Waals surface area (Å²) in [4.78, 5) is 36.2. The number of ketones is 1. The molecule has 2 aromatic rings. The molecule has 3 rings (SSSR count). The first kappa shape index (κ1) is 23.9. The van der Waals surface area contributed by atoms with Gasteiger partial charge in [-0.1, -0.05) is 29.3 Å². The van der Waals surface area contributed by atoms with Crippen molar-refractivity contribution in [3.63, 3.8) is 0 Å². The standard InChI is InChI=1S/C26H35N3O3/c1-17-13-18(2)15-20(14-17)7-8-23(30)22-16-27-19(3)28-24(22)21-9-11-29(12-10-21)25(31)32-26(4,5)6/h13-16,21H,7-12H2,1-6H3. The molecule has 0 N–H and O–H groups in total. The number of benzene rings is 1. The lowest BCUT2D eigenvalue weighted by Crippen LogP contribution is -2.41. The van der Waals surface area contributed by atoms with E-state index in [4.69, 9.17) is 4.74 Å². The first-order chi connectivity index (χ1) is 15.0. The summed E-state index contributed by atoms with van der Waals surface area (Å²) in [6, 6.07) is 6.42. The van der Waals surface area contributed by atoms with Crippen molar-refractivity contribution in [2.75, 3.05) is 13.1 Å². The van der Waals surface area contributed by atoms with Crippen molar-refractivity contribution >= 4 is 11.9 Å². The molecule has 0 saturated carbocycles. The molecule has 6 nitrogen and oxygen atoms in total. The molecule has 1 aromatic heterocycles. The Bertz CT molecular complexity index is 966. The molecule has 32 heavy (non-hydrogen) atoms. The number of carbonyl (C=O) groups is 2. The van der Waals surface area contributed by atoms with Crippen LogP contribution in [-0.2, 0) is 11.2 Å². The minimum atomic E-state index is -0.507. The van der Waals surface area contributed by atoms with Crippen molar-refractivity contribution in [1.82, 2.24) is 14.9 Å². The molecule has 1 aromatic carbocycles. The van der Waals surface area contributed by atoms with Crippen molar-refractivity contribution in [1.29, 1.82) is 0 Å². The number of aromatic nitrogens is 2. The number of hydrogen-bond donors (Lipinski definition) is 0. The van der Waals surface area contributed by atoms with Crippen molar-refractivity contribution in [2.45, 2.75) is 78.7 Å². The summed E-state index contributed by atoms with van der Waals surface area (Å²) in [6.45, 7) is 12.8. The van der Waals surface area contributed by atoms with Gasteiger partial charge in [-0.2, -0.15) is 0 Å². The van der Waals surface area contributed by atoms with Crippen LogP contribution in [0.15, 0.2) is 24.4 Å². The Morgan fingerprint density at radius 3 is 2.28 bits per heavy atom. The Labute approximate surface area is 191 Å². The molecule has 0 bridgehead atoms. The average molecular weight is 438 g/mol. The van der Waals surface area contributed by atoms with Gasteiger partial charge in [0, 0.05) is 31.6 Å². The number of rotatable bonds is 5. The lowest BCUT2D eigenvalue weighted by Gasteiger charge is -2.33. The SMILES string of the molecule is Cc1cc(C)cc(CCC(=O)c2cnc(C)nc2C2CCN(C(=O)OC(C)(C)C)CC2)c1. The lowest BCUT2D eigenvalue weighted by molar-refractivity contribution is 0.0203. The van der Waals surface area contributed by atoms with E-state index < -0.39 is 5.60 Å². The summed E-state index contributed by atoms with van der Waals surface area (Å²) in [5, 5.41) is 0. The maximum absolute atomic E-state index is 13.1. The summed E-state index contributed by atoms with van der Waals surface area (Å²) in [5.74, 6) is 0.879. The maximum Gasteiger partial charge on any atom is 0.410 e. The molecule has 2 heterocycles. The van der Waals surface area contributed by atoms with Crippen LogP contribution in [0.5, 0.6) is 0 Å². The van der Waals surface area contributed by atoms with Gasteiger partial charge in [-0.15, -0.1) is 0 Å². The Hall–Kier alpha value is -2.76. The Morgan fingerprint density at radius 2 is 1.69 bits per heavy atom. The van der Waals surface area contributed by atoms with Crippen molar-refractivity contribution in [2.24, 2.45) is 0 Å². The fourth-order valence-electron chi connectivity index (χ4n) is 4.28. The summed E-state index contributed by atoms with van der Waals surface area (Å²) in [5.41, 5.74) is 4.54. The molecule has 172 valence electrons. The highest BCUT2D eigenvalue weighted by Gasteiger charge is 2.30. The predicted octanol–water partition coefficient (Wildman–Crippen LogP) is 5.33. The number of likely N-dealkylation sites (tertiary alicyclic amines) is 1. The lowest BCUT2D eigenvalue weighted by atomic mass is 9.89. The Balaban J connectivity index is 1.68. The van der Waals surface area contributed by atoms with Crippen LogP contribution in [0.4, 0.5) is 4.79 Å². The summed E-state index contributed by atoms with van der Waals surface area (Å²) in [7, 11) is 0. The summed E-state index contributed by atoms with van der Waals surface area (Å²) >= 11 is 0. The first-order valence-electron chi connectivity index (χ1n) is 11.4. The molecule has 1 aliphatic rings. The van der Waals surface area contributed by atoms with Crippen LogP contribution in [0.2, 0.25) is 0 Å². The number of Topliss-reactive ketones (excluding diaryl/α,β-unsaturated/α-hetero) is 1. The highest BCUT2D eigenvalue weighted by atomic mass is 16.6. The van der Waals surface area contributed by atoms with Crippen molar-refractivity contribution in [3.05, 3.63) is 58.2 Å². The van der Waals surface area contributed by atoms with E-state index in [0.29, 0.717) is 37.3 Å². The molecule has 0 radical (unpaired) electrons. The molecule has 1 fully saturated rings. The molecule has 0 spiro atoms. The molecule has 6 heteroatoms. The highest BCUT2D eigenvalue weighted by molar-refractivity contribution is 5.97. The predicted molar refractivity (Wildman–Crippen MR) is 125 cm³/mol. The van der Waals surface area contributed by atoms with Gasteiger partial charge in [0.2, 0.25) is 0 Å². The topological polar surface area (TPSA) is 72.4 Å². The third kappa shape index (κ3) is 6.38. The second-order valence-electron chi connectivity index (χ2n) is 9.88. The molecule has 0 aliphatic carbocycles. The van der Waals surface area contributed by atoms with Crippen LogP contribution in [-0.4, -0.2) is 45.4 Å². The van der Waals surface area contributed by atoms with Crippen molar-refractivity contribution < 1.29 is 14.3 Å². The molecule has 0 atom stereocenters. The van der Waals surface area contributed by atoms with E-state index in [1.165, 1.54) is 16.7 Å². The molecule has 1 aliphatic heterocycles. The number of ether oxygens (including phenoxy) is 1. The molecular formula is C26H35N3O3. The number of carbonyl (C=O) groups excluding carboxylic acids is 2. The molecule has 0 unspecified atom stereocenters. The number of hydrogen-bond acceptors (Lipinski definition) is 5. The van der Waals surface area contributed by atoms with Gasteiger partial charge in [0.25, 0.3) is 0 Å². The van der Waals surface area contributed by atoms with Gasteiger partial charge in [-0.3, -0.25) is 4.79 Å².